The molecule has 0 aliphatic rings. The molecule has 0 amide bonds. The Kier molecular flexibility index (Phi) is 5.69. The lowest BCUT2D eigenvalue weighted by atomic mass is 10.0. The Hall–Kier alpha value is -1.51. The molecule has 0 saturated carbocycles. The maximum Gasteiger partial charge on any atom is 0.303 e. The molecule has 0 aliphatic heterocycles. The zero-order valence-corrected chi connectivity index (χ0v) is 11.4. The summed E-state index contributed by atoms with van der Waals surface area (Å²) in [5, 5.41) is 11.9. The number of aliphatic carboxylic acids is 1. The van der Waals surface area contributed by atoms with Gasteiger partial charge in [-0.05, 0) is 36.0 Å². The van der Waals surface area contributed by atoms with Crippen LogP contribution in [0.15, 0.2) is 24.3 Å². The molecule has 0 fully saturated rings. The summed E-state index contributed by atoms with van der Waals surface area (Å²) in [7, 11) is 0. The molecule has 0 spiro atoms. The second-order valence-corrected chi connectivity index (χ2v) is 5.38. The van der Waals surface area contributed by atoms with Crippen LogP contribution >= 0.6 is 0 Å². The summed E-state index contributed by atoms with van der Waals surface area (Å²) < 4.78 is 0. The Morgan fingerprint density at radius 1 is 1.22 bits per heavy atom. The minimum atomic E-state index is -0.739. The molecule has 1 rings (SSSR count). The summed E-state index contributed by atoms with van der Waals surface area (Å²) in [6, 6.07) is 8.38. The number of nitrogens with one attached hydrogen (secondary N) is 1. The first kappa shape index (κ1) is 14.6. The Balaban J connectivity index is 2.41. The zero-order valence-electron chi connectivity index (χ0n) is 11.4. The monoisotopic (exact) mass is 249 g/mol. The van der Waals surface area contributed by atoms with E-state index in [9.17, 15) is 4.79 Å². The van der Waals surface area contributed by atoms with Crippen LogP contribution in [-0.4, -0.2) is 17.6 Å². The summed E-state index contributed by atoms with van der Waals surface area (Å²) in [6.07, 6.45) is 1.30. The Labute approximate surface area is 109 Å². The van der Waals surface area contributed by atoms with Gasteiger partial charge in [0.15, 0.2) is 0 Å². The second-order valence-electron chi connectivity index (χ2n) is 5.38. The third-order valence-corrected chi connectivity index (χ3v) is 2.78. The Morgan fingerprint density at radius 2 is 1.83 bits per heavy atom. The van der Waals surface area contributed by atoms with Gasteiger partial charge in [0.05, 0.1) is 0 Å². The fourth-order valence-electron chi connectivity index (χ4n) is 1.89. The van der Waals surface area contributed by atoms with Crippen molar-refractivity contribution < 1.29 is 9.90 Å². The van der Waals surface area contributed by atoms with E-state index in [0.29, 0.717) is 12.5 Å². The van der Waals surface area contributed by atoms with Crippen molar-refractivity contribution in [2.45, 2.75) is 33.6 Å². The first-order chi connectivity index (χ1) is 8.47. The average molecular weight is 249 g/mol. The molecular weight excluding hydrogens is 226 g/mol. The molecule has 0 radical (unpaired) electrons. The van der Waals surface area contributed by atoms with Crippen molar-refractivity contribution in [3.05, 3.63) is 29.8 Å². The largest absolute Gasteiger partial charge is 0.481 e. The van der Waals surface area contributed by atoms with Gasteiger partial charge in [-0.15, -0.1) is 0 Å². The highest BCUT2D eigenvalue weighted by Crippen LogP contribution is 2.14. The van der Waals surface area contributed by atoms with Crippen molar-refractivity contribution >= 4 is 11.7 Å². The lowest BCUT2D eigenvalue weighted by Gasteiger charge is -2.12. The van der Waals surface area contributed by atoms with Crippen LogP contribution in [0.5, 0.6) is 0 Å². The van der Waals surface area contributed by atoms with Gasteiger partial charge in [0.25, 0.3) is 0 Å². The number of rotatable bonds is 7. The molecule has 2 N–H and O–H groups in total. The van der Waals surface area contributed by atoms with Crippen LogP contribution in [0.4, 0.5) is 5.69 Å². The molecule has 0 aliphatic carbocycles. The third-order valence-electron chi connectivity index (χ3n) is 2.78. The quantitative estimate of drug-likeness (QED) is 0.778. The SMILES string of the molecule is CC(C)Cc1ccc(NCC(C)CC(=O)O)cc1. The molecule has 0 bridgehead atoms. The smallest absolute Gasteiger partial charge is 0.303 e. The predicted molar refractivity (Wildman–Crippen MR) is 74.9 cm³/mol. The van der Waals surface area contributed by atoms with Gasteiger partial charge in [0.1, 0.15) is 0 Å². The molecule has 1 aromatic carbocycles. The molecule has 0 aromatic heterocycles. The van der Waals surface area contributed by atoms with Crippen LogP contribution in [-0.2, 0) is 11.2 Å². The molecular formula is C15H23NO2. The lowest BCUT2D eigenvalue weighted by molar-refractivity contribution is -0.137. The maximum atomic E-state index is 10.5. The summed E-state index contributed by atoms with van der Waals surface area (Å²) >= 11 is 0. The van der Waals surface area contributed by atoms with Gasteiger partial charge >= 0.3 is 5.97 Å². The summed E-state index contributed by atoms with van der Waals surface area (Å²) in [5.41, 5.74) is 2.40. The van der Waals surface area contributed by atoms with Crippen LogP contribution in [0.25, 0.3) is 0 Å². The molecule has 18 heavy (non-hydrogen) atoms. The van der Waals surface area contributed by atoms with Crippen molar-refractivity contribution in [1.82, 2.24) is 0 Å². The number of carbonyl (C=O) groups is 1. The predicted octanol–water partition coefficient (Wildman–Crippen LogP) is 3.41. The highest BCUT2D eigenvalue weighted by Gasteiger charge is 2.07. The van der Waals surface area contributed by atoms with E-state index in [0.717, 1.165) is 12.1 Å². The maximum absolute atomic E-state index is 10.5. The van der Waals surface area contributed by atoms with E-state index < -0.39 is 5.97 Å². The van der Waals surface area contributed by atoms with E-state index in [1.807, 2.05) is 6.92 Å². The van der Waals surface area contributed by atoms with E-state index in [4.69, 9.17) is 5.11 Å². The van der Waals surface area contributed by atoms with Gasteiger partial charge in [-0.1, -0.05) is 32.9 Å². The summed E-state index contributed by atoms with van der Waals surface area (Å²) in [4.78, 5) is 10.5. The number of benzene rings is 1. The molecule has 0 saturated heterocycles. The normalized spacial score (nSPS) is 12.4. The first-order valence-corrected chi connectivity index (χ1v) is 6.52. The van der Waals surface area contributed by atoms with Crippen molar-refractivity contribution in [1.29, 1.82) is 0 Å². The molecule has 3 heteroatoms. The van der Waals surface area contributed by atoms with E-state index >= 15 is 0 Å². The van der Waals surface area contributed by atoms with Crippen LogP contribution in [0.2, 0.25) is 0 Å². The minimum Gasteiger partial charge on any atom is -0.481 e. The zero-order chi connectivity index (χ0) is 13.5. The average Bonchev–Trinajstić information content (AvgIpc) is 2.26. The number of anilines is 1. The van der Waals surface area contributed by atoms with Gasteiger partial charge in [0.2, 0.25) is 0 Å². The van der Waals surface area contributed by atoms with Crippen LogP contribution in [0.3, 0.4) is 0 Å². The van der Waals surface area contributed by atoms with E-state index in [1.54, 1.807) is 0 Å². The molecule has 100 valence electrons. The number of hydrogen-bond donors (Lipinski definition) is 2. The van der Waals surface area contributed by atoms with E-state index in [-0.39, 0.29) is 12.3 Å². The van der Waals surface area contributed by atoms with E-state index in [1.165, 1.54) is 5.56 Å². The Bertz CT molecular complexity index is 371. The number of carboxylic acids is 1. The van der Waals surface area contributed by atoms with Crippen molar-refractivity contribution in [2.24, 2.45) is 11.8 Å². The number of hydrogen-bond acceptors (Lipinski definition) is 2. The fraction of sp³-hybridized carbons (Fsp3) is 0.533. The summed E-state index contributed by atoms with van der Waals surface area (Å²) in [5.74, 6) is 0.0637. The molecule has 1 atom stereocenters. The van der Waals surface area contributed by atoms with Gasteiger partial charge in [0, 0.05) is 18.7 Å². The molecule has 0 heterocycles. The minimum absolute atomic E-state index is 0.137. The highest BCUT2D eigenvalue weighted by atomic mass is 16.4. The van der Waals surface area contributed by atoms with Gasteiger partial charge < -0.3 is 10.4 Å². The molecule has 1 unspecified atom stereocenters. The van der Waals surface area contributed by atoms with Gasteiger partial charge in [-0.2, -0.15) is 0 Å². The molecule has 3 nitrogen and oxygen atoms in total. The van der Waals surface area contributed by atoms with Crippen LogP contribution < -0.4 is 5.32 Å². The van der Waals surface area contributed by atoms with Gasteiger partial charge in [-0.25, -0.2) is 0 Å². The van der Waals surface area contributed by atoms with E-state index in [2.05, 4.69) is 43.4 Å². The Morgan fingerprint density at radius 3 is 2.33 bits per heavy atom. The highest BCUT2D eigenvalue weighted by molar-refractivity contribution is 5.67. The fourth-order valence-corrected chi connectivity index (χ4v) is 1.89. The van der Waals surface area contributed by atoms with Crippen LogP contribution in [0.1, 0.15) is 32.8 Å². The summed E-state index contributed by atoms with van der Waals surface area (Å²) in [6.45, 7) is 7.05. The lowest BCUT2D eigenvalue weighted by Crippen LogP contribution is -2.14. The second kappa shape index (κ2) is 7.04. The first-order valence-electron chi connectivity index (χ1n) is 6.52. The third kappa shape index (κ3) is 5.71. The van der Waals surface area contributed by atoms with Crippen molar-refractivity contribution in [3.63, 3.8) is 0 Å². The topological polar surface area (TPSA) is 49.3 Å². The van der Waals surface area contributed by atoms with Gasteiger partial charge in [-0.3, -0.25) is 4.79 Å². The van der Waals surface area contributed by atoms with Crippen molar-refractivity contribution in [2.75, 3.05) is 11.9 Å². The number of carboxylic acid groups (broad SMARTS) is 1. The standard InChI is InChI=1S/C15H23NO2/c1-11(2)8-13-4-6-14(7-5-13)16-10-12(3)9-15(17)18/h4-7,11-12,16H,8-10H2,1-3H3,(H,17,18). The van der Waals surface area contributed by atoms with Crippen molar-refractivity contribution in [3.8, 4) is 0 Å². The van der Waals surface area contributed by atoms with Crippen LogP contribution in [0, 0.1) is 11.8 Å². The molecule has 1 aromatic rings.